The third-order valence-electron chi connectivity index (χ3n) is 11.6. The molecule has 58 heavy (non-hydrogen) atoms. The molecule has 4 nitrogen and oxygen atoms in total. The van der Waals surface area contributed by atoms with E-state index in [1.807, 2.05) is 24.3 Å². The fourth-order valence-electron chi connectivity index (χ4n) is 9.03. The Morgan fingerprint density at radius 2 is 0.914 bits per heavy atom. The van der Waals surface area contributed by atoms with Gasteiger partial charge in [0, 0.05) is 49.3 Å². The number of hydrogen-bond acceptors (Lipinski definition) is 3. The maximum atomic E-state index is 6.72. The van der Waals surface area contributed by atoms with Crippen LogP contribution in [0.3, 0.4) is 0 Å². The summed E-state index contributed by atoms with van der Waals surface area (Å²) < 4.78 is 15.4. The van der Waals surface area contributed by atoms with Gasteiger partial charge in [-0.2, -0.15) is 0 Å². The largest absolute Gasteiger partial charge is 0.456 e. The Kier molecular flexibility index (Phi) is 7.20. The van der Waals surface area contributed by atoms with Gasteiger partial charge >= 0.3 is 0 Å². The first kappa shape index (κ1) is 32.4. The Morgan fingerprint density at radius 3 is 1.69 bits per heavy atom. The summed E-state index contributed by atoms with van der Waals surface area (Å²) in [5.41, 5.74) is 14.5. The zero-order valence-electron chi connectivity index (χ0n) is 31.3. The minimum atomic E-state index is 0.836. The first-order valence-corrected chi connectivity index (χ1v) is 19.7. The first-order valence-electron chi connectivity index (χ1n) is 19.7. The monoisotopic (exact) mass is 742 g/mol. The van der Waals surface area contributed by atoms with Crippen LogP contribution in [-0.2, 0) is 0 Å². The summed E-state index contributed by atoms with van der Waals surface area (Å²) in [5.74, 6) is 0. The van der Waals surface area contributed by atoms with E-state index in [0.29, 0.717) is 0 Å². The van der Waals surface area contributed by atoms with Crippen LogP contribution in [0.25, 0.3) is 93.6 Å². The number of nitrogens with zero attached hydrogens (tertiary/aromatic N) is 2. The second kappa shape index (κ2) is 12.9. The molecule has 0 saturated heterocycles. The van der Waals surface area contributed by atoms with Crippen molar-refractivity contribution in [1.29, 1.82) is 0 Å². The van der Waals surface area contributed by atoms with Crippen LogP contribution in [0.1, 0.15) is 0 Å². The average molecular weight is 743 g/mol. The normalized spacial score (nSPS) is 11.8. The van der Waals surface area contributed by atoms with Crippen molar-refractivity contribution in [2.24, 2.45) is 0 Å². The molecule has 0 spiro atoms. The van der Waals surface area contributed by atoms with Crippen molar-refractivity contribution >= 4 is 82.7 Å². The number of para-hydroxylation sites is 6. The predicted octanol–water partition coefficient (Wildman–Crippen LogP) is 15.4. The second-order valence-corrected chi connectivity index (χ2v) is 14.8. The van der Waals surface area contributed by atoms with E-state index < -0.39 is 0 Å². The van der Waals surface area contributed by atoms with Crippen LogP contribution >= 0.6 is 0 Å². The minimum absolute atomic E-state index is 0.836. The van der Waals surface area contributed by atoms with Gasteiger partial charge in [0.2, 0.25) is 0 Å². The lowest BCUT2D eigenvalue weighted by Crippen LogP contribution is -2.10. The molecule has 3 heterocycles. The summed E-state index contributed by atoms with van der Waals surface area (Å²) in [6.07, 6.45) is 0. The van der Waals surface area contributed by atoms with Crippen LogP contribution in [0.2, 0.25) is 0 Å². The summed E-state index contributed by atoms with van der Waals surface area (Å²) in [6, 6.07) is 73.3. The van der Waals surface area contributed by atoms with Crippen LogP contribution in [0.4, 0.5) is 17.1 Å². The average Bonchev–Trinajstić information content (AvgIpc) is 3.97. The molecule has 12 aromatic rings. The molecule has 0 aliphatic rings. The number of aromatic nitrogens is 1. The van der Waals surface area contributed by atoms with E-state index in [1.54, 1.807) is 0 Å². The van der Waals surface area contributed by atoms with E-state index in [9.17, 15) is 0 Å². The molecule has 0 amide bonds. The maximum absolute atomic E-state index is 6.72. The van der Waals surface area contributed by atoms with E-state index in [-0.39, 0.29) is 0 Å². The zero-order chi connectivity index (χ0) is 38.2. The predicted molar refractivity (Wildman–Crippen MR) is 241 cm³/mol. The lowest BCUT2D eigenvalue weighted by atomic mass is 9.92. The molecule has 0 aliphatic heterocycles. The Morgan fingerprint density at radius 1 is 0.345 bits per heavy atom. The van der Waals surface area contributed by atoms with E-state index >= 15 is 0 Å². The quantitative estimate of drug-likeness (QED) is 0.170. The number of furan rings is 2. The van der Waals surface area contributed by atoms with Gasteiger partial charge in [0.1, 0.15) is 16.7 Å². The van der Waals surface area contributed by atoms with Gasteiger partial charge < -0.3 is 18.3 Å². The van der Waals surface area contributed by atoms with Crippen molar-refractivity contribution in [3.05, 3.63) is 206 Å². The fraction of sp³-hybridized carbons (Fsp3) is 0. The Bertz CT molecular complexity index is 3480. The van der Waals surface area contributed by atoms with Gasteiger partial charge in [-0.1, -0.05) is 140 Å². The van der Waals surface area contributed by atoms with E-state index in [0.717, 1.165) is 88.9 Å². The van der Waals surface area contributed by atoms with Crippen LogP contribution < -0.4 is 4.90 Å². The third kappa shape index (κ3) is 4.95. The molecule has 0 atom stereocenters. The molecule has 3 aromatic heterocycles. The highest BCUT2D eigenvalue weighted by molar-refractivity contribution is 6.12. The number of fused-ring (bicyclic) bond motifs is 9. The lowest BCUT2D eigenvalue weighted by molar-refractivity contribution is 0.669. The second-order valence-electron chi connectivity index (χ2n) is 14.8. The molecular formula is C54H34N2O2. The number of anilines is 3. The third-order valence-corrected chi connectivity index (χ3v) is 11.6. The molecule has 0 radical (unpaired) electrons. The van der Waals surface area contributed by atoms with Gasteiger partial charge in [-0.15, -0.1) is 0 Å². The van der Waals surface area contributed by atoms with Crippen molar-refractivity contribution in [2.75, 3.05) is 4.90 Å². The molecule has 0 N–H and O–H groups in total. The number of hydrogen-bond donors (Lipinski definition) is 0. The molecule has 9 aromatic carbocycles. The van der Waals surface area contributed by atoms with Crippen LogP contribution in [0.15, 0.2) is 215 Å². The van der Waals surface area contributed by atoms with Gasteiger partial charge in [0.05, 0.1) is 22.4 Å². The summed E-state index contributed by atoms with van der Waals surface area (Å²) in [6.45, 7) is 0. The molecule has 12 rings (SSSR count). The van der Waals surface area contributed by atoms with Gasteiger partial charge in [-0.3, -0.25) is 0 Å². The molecule has 0 fully saturated rings. The summed E-state index contributed by atoms with van der Waals surface area (Å²) in [5, 5.41) is 6.80. The molecule has 272 valence electrons. The van der Waals surface area contributed by atoms with E-state index in [2.05, 4.69) is 191 Å². The Balaban J connectivity index is 1.13. The number of benzene rings is 9. The van der Waals surface area contributed by atoms with Crippen molar-refractivity contribution in [2.45, 2.75) is 0 Å². The van der Waals surface area contributed by atoms with Crippen LogP contribution in [-0.4, -0.2) is 4.57 Å². The highest BCUT2D eigenvalue weighted by atomic mass is 16.3. The van der Waals surface area contributed by atoms with Crippen LogP contribution in [0, 0.1) is 0 Å². The van der Waals surface area contributed by atoms with Crippen molar-refractivity contribution in [3.8, 4) is 27.9 Å². The topological polar surface area (TPSA) is 34.5 Å². The van der Waals surface area contributed by atoms with Gasteiger partial charge in [0.25, 0.3) is 0 Å². The van der Waals surface area contributed by atoms with Crippen molar-refractivity contribution < 1.29 is 8.83 Å². The standard InChI is InChI=1S/C54H34N2O2/c1-2-15-35(16-3-1)45-33-36(29-31-38(45)39-17-4-9-23-47(39)56-48-24-10-5-18-40(48)41-19-6-11-25-49(41)56)55(37-30-32-53-46(34-37)43-21-8-12-27-51(43)57-53)50-26-14-22-44-42-20-7-13-28-52(42)58-54(44)50/h1-34H. The van der Waals surface area contributed by atoms with Crippen LogP contribution in [0.5, 0.6) is 0 Å². The highest BCUT2D eigenvalue weighted by Gasteiger charge is 2.23. The van der Waals surface area contributed by atoms with Gasteiger partial charge in [0.15, 0.2) is 5.58 Å². The zero-order valence-corrected chi connectivity index (χ0v) is 31.3. The Hall–Kier alpha value is -7.82. The molecule has 0 aliphatic carbocycles. The molecular weight excluding hydrogens is 709 g/mol. The van der Waals surface area contributed by atoms with Gasteiger partial charge in [-0.25, -0.2) is 0 Å². The fourth-order valence-corrected chi connectivity index (χ4v) is 9.03. The summed E-state index contributed by atoms with van der Waals surface area (Å²) >= 11 is 0. The summed E-state index contributed by atoms with van der Waals surface area (Å²) in [4.78, 5) is 2.33. The number of rotatable bonds is 6. The van der Waals surface area contributed by atoms with Gasteiger partial charge in [-0.05, 0) is 83.4 Å². The van der Waals surface area contributed by atoms with E-state index in [1.165, 1.54) is 21.8 Å². The molecule has 0 unspecified atom stereocenters. The Labute approximate surface area is 334 Å². The highest BCUT2D eigenvalue weighted by Crippen LogP contribution is 2.47. The molecule has 4 heteroatoms. The maximum Gasteiger partial charge on any atom is 0.159 e. The molecule has 0 bridgehead atoms. The van der Waals surface area contributed by atoms with Crippen molar-refractivity contribution in [1.82, 2.24) is 4.57 Å². The first-order chi connectivity index (χ1) is 28.8. The SMILES string of the molecule is c1ccc(-c2cc(N(c3ccc4oc5ccccc5c4c3)c3cccc4c3oc3ccccc34)ccc2-c2ccccc2-n2c3ccccc3c3ccccc32)cc1. The minimum Gasteiger partial charge on any atom is -0.456 e. The smallest absolute Gasteiger partial charge is 0.159 e. The van der Waals surface area contributed by atoms with Crippen molar-refractivity contribution in [3.63, 3.8) is 0 Å². The summed E-state index contributed by atoms with van der Waals surface area (Å²) in [7, 11) is 0. The molecule has 0 saturated carbocycles. The van der Waals surface area contributed by atoms with E-state index in [4.69, 9.17) is 8.83 Å². The lowest BCUT2D eigenvalue weighted by Gasteiger charge is -2.27.